The smallest absolute Gasteiger partial charge is 0.396 e. The molecule has 0 aromatic rings. The van der Waals surface area contributed by atoms with Crippen molar-refractivity contribution >= 4 is 17.8 Å². The number of hydrogen-bond donors (Lipinski definition) is 2. The molecule has 0 atom stereocenters. The molecule has 0 heterocycles. The van der Waals surface area contributed by atoms with Crippen LogP contribution < -0.4 is 11.1 Å². The molecule has 0 unspecified atom stereocenters. The van der Waals surface area contributed by atoms with E-state index in [0.29, 0.717) is 0 Å². The zero-order valence-corrected chi connectivity index (χ0v) is 5.92. The molecule has 0 saturated carbocycles. The number of amides is 2. The molecule has 0 aromatic heterocycles. The first kappa shape index (κ1) is 9.41. The normalized spacial score (nSPS) is 8.45. The number of hydrogen-bond acceptors (Lipinski definition) is 4. The zero-order valence-electron chi connectivity index (χ0n) is 5.92. The molecule has 0 aliphatic rings. The van der Waals surface area contributed by atoms with Gasteiger partial charge in [-0.05, 0) is 0 Å². The molecule has 0 aromatic carbocycles. The first-order valence-corrected chi connectivity index (χ1v) is 2.72. The summed E-state index contributed by atoms with van der Waals surface area (Å²) >= 11 is 0. The number of nitrogens with one attached hydrogen (secondary N) is 1. The number of esters is 1. The lowest BCUT2D eigenvalue weighted by atomic mass is 10.5. The number of rotatable bonds is 2. The van der Waals surface area contributed by atoms with Gasteiger partial charge in [0, 0.05) is 0 Å². The highest BCUT2D eigenvalue weighted by atomic mass is 16.5. The SMILES string of the molecule is COC(=O)C(=O)NCC(N)=O. The summed E-state index contributed by atoms with van der Waals surface area (Å²) in [6.07, 6.45) is 0. The van der Waals surface area contributed by atoms with Crippen LogP contribution in [0.1, 0.15) is 0 Å². The quantitative estimate of drug-likeness (QED) is 0.352. The Bertz CT molecular complexity index is 189. The van der Waals surface area contributed by atoms with Crippen LogP contribution in [0, 0.1) is 0 Å². The lowest BCUT2D eigenvalue weighted by Crippen LogP contribution is -2.37. The summed E-state index contributed by atoms with van der Waals surface area (Å²) in [6.45, 7) is -0.367. The van der Waals surface area contributed by atoms with E-state index in [4.69, 9.17) is 0 Å². The predicted molar refractivity (Wildman–Crippen MR) is 34.2 cm³/mol. The number of primary amides is 1. The Kier molecular flexibility index (Phi) is 3.65. The molecule has 0 aliphatic carbocycles. The second-order valence-electron chi connectivity index (χ2n) is 1.64. The molecular formula is C5H8N2O4. The average molecular weight is 160 g/mol. The molecule has 0 fully saturated rings. The maximum absolute atomic E-state index is 10.5. The van der Waals surface area contributed by atoms with Gasteiger partial charge in [0.25, 0.3) is 0 Å². The maximum atomic E-state index is 10.5. The maximum Gasteiger partial charge on any atom is 0.396 e. The van der Waals surface area contributed by atoms with Crippen molar-refractivity contribution in [1.29, 1.82) is 0 Å². The fourth-order valence-corrected chi connectivity index (χ4v) is 0.332. The Morgan fingerprint density at radius 1 is 1.45 bits per heavy atom. The number of ether oxygens (including phenoxy) is 1. The molecule has 6 nitrogen and oxygen atoms in total. The monoisotopic (exact) mass is 160 g/mol. The molecule has 0 rings (SSSR count). The summed E-state index contributed by atoms with van der Waals surface area (Å²) in [5.41, 5.74) is 4.68. The lowest BCUT2D eigenvalue weighted by Gasteiger charge is -1.98. The van der Waals surface area contributed by atoms with Crippen molar-refractivity contribution in [3.8, 4) is 0 Å². The topological polar surface area (TPSA) is 98.5 Å². The summed E-state index contributed by atoms with van der Waals surface area (Å²) in [7, 11) is 1.06. The van der Waals surface area contributed by atoms with E-state index in [-0.39, 0.29) is 6.54 Å². The summed E-state index contributed by atoms with van der Waals surface area (Å²) in [6, 6.07) is 0. The van der Waals surface area contributed by atoms with Gasteiger partial charge in [0.1, 0.15) is 0 Å². The molecule has 0 saturated heterocycles. The van der Waals surface area contributed by atoms with Crippen LogP contribution in [0.25, 0.3) is 0 Å². The molecule has 6 heteroatoms. The van der Waals surface area contributed by atoms with Crippen molar-refractivity contribution in [3.63, 3.8) is 0 Å². The Balaban J connectivity index is 3.70. The minimum absolute atomic E-state index is 0.367. The van der Waals surface area contributed by atoms with Gasteiger partial charge in [-0.15, -0.1) is 0 Å². The molecule has 0 aliphatic heterocycles. The molecule has 0 radical (unpaired) electrons. The first-order valence-electron chi connectivity index (χ1n) is 2.72. The molecule has 11 heavy (non-hydrogen) atoms. The van der Waals surface area contributed by atoms with Crippen molar-refractivity contribution in [2.45, 2.75) is 0 Å². The third kappa shape index (κ3) is 3.90. The Morgan fingerprint density at radius 3 is 2.36 bits per heavy atom. The van der Waals surface area contributed by atoms with E-state index in [1.165, 1.54) is 0 Å². The van der Waals surface area contributed by atoms with E-state index >= 15 is 0 Å². The van der Waals surface area contributed by atoms with Crippen LogP contribution in [0.4, 0.5) is 0 Å². The Morgan fingerprint density at radius 2 is 2.00 bits per heavy atom. The highest BCUT2D eigenvalue weighted by Gasteiger charge is 2.12. The highest BCUT2D eigenvalue weighted by Crippen LogP contribution is 1.72. The van der Waals surface area contributed by atoms with Gasteiger partial charge in [-0.25, -0.2) is 4.79 Å². The molecule has 62 valence electrons. The second-order valence-corrected chi connectivity index (χ2v) is 1.64. The van der Waals surface area contributed by atoms with E-state index in [1.807, 2.05) is 5.32 Å². The minimum Gasteiger partial charge on any atom is -0.462 e. The van der Waals surface area contributed by atoms with E-state index < -0.39 is 17.8 Å². The van der Waals surface area contributed by atoms with E-state index in [0.717, 1.165) is 7.11 Å². The number of methoxy groups -OCH3 is 1. The Labute approximate surface area is 62.7 Å². The third-order valence-corrected chi connectivity index (χ3v) is 0.794. The van der Waals surface area contributed by atoms with E-state index in [2.05, 4.69) is 10.5 Å². The van der Waals surface area contributed by atoms with Crippen LogP contribution >= 0.6 is 0 Å². The van der Waals surface area contributed by atoms with E-state index in [1.54, 1.807) is 0 Å². The van der Waals surface area contributed by atoms with Gasteiger partial charge in [-0.2, -0.15) is 0 Å². The van der Waals surface area contributed by atoms with Gasteiger partial charge in [0.2, 0.25) is 5.91 Å². The van der Waals surface area contributed by atoms with Crippen LogP contribution in [0.2, 0.25) is 0 Å². The van der Waals surface area contributed by atoms with Crippen molar-refractivity contribution in [2.24, 2.45) is 5.73 Å². The molecule has 2 amide bonds. The number of carbonyl (C=O) groups excluding carboxylic acids is 3. The summed E-state index contributed by atoms with van der Waals surface area (Å²) < 4.78 is 4.04. The van der Waals surface area contributed by atoms with Crippen molar-refractivity contribution in [1.82, 2.24) is 5.32 Å². The van der Waals surface area contributed by atoms with Gasteiger partial charge >= 0.3 is 11.9 Å². The van der Waals surface area contributed by atoms with Crippen LogP contribution in [-0.4, -0.2) is 31.4 Å². The van der Waals surface area contributed by atoms with Crippen molar-refractivity contribution in [2.75, 3.05) is 13.7 Å². The van der Waals surface area contributed by atoms with Gasteiger partial charge in [-0.1, -0.05) is 0 Å². The van der Waals surface area contributed by atoms with Crippen molar-refractivity contribution < 1.29 is 19.1 Å². The number of carbonyl (C=O) groups is 3. The van der Waals surface area contributed by atoms with Crippen LogP contribution in [0.5, 0.6) is 0 Å². The Hall–Kier alpha value is -1.59. The second kappa shape index (κ2) is 4.26. The summed E-state index contributed by atoms with van der Waals surface area (Å²) in [5.74, 6) is -2.75. The molecule has 0 bridgehead atoms. The first-order chi connectivity index (χ1) is 5.07. The van der Waals surface area contributed by atoms with Crippen LogP contribution in [0.15, 0.2) is 0 Å². The third-order valence-electron chi connectivity index (χ3n) is 0.794. The highest BCUT2D eigenvalue weighted by molar-refractivity contribution is 6.32. The van der Waals surface area contributed by atoms with E-state index in [9.17, 15) is 14.4 Å². The van der Waals surface area contributed by atoms with Crippen LogP contribution in [0.3, 0.4) is 0 Å². The average Bonchev–Trinajstić information content (AvgIpc) is 1.98. The lowest BCUT2D eigenvalue weighted by molar-refractivity contribution is -0.152. The summed E-state index contributed by atoms with van der Waals surface area (Å²) in [5, 5.41) is 1.94. The minimum atomic E-state index is -1.05. The van der Waals surface area contributed by atoms with Gasteiger partial charge in [0.05, 0.1) is 13.7 Å². The fourth-order valence-electron chi connectivity index (χ4n) is 0.332. The zero-order chi connectivity index (χ0) is 8.85. The predicted octanol–water partition coefficient (Wildman–Crippen LogP) is -2.24. The van der Waals surface area contributed by atoms with Gasteiger partial charge in [-0.3, -0.25) is 9.59 Å². The molecular weight excluding hydrogens is 152 g/mol. The largest absolute Gasteiger partial charge is 0.462 e. The summed E-state index contributed by atoms with van der Waals surface area (Å²) in [4.78, 5) is 30.9. The van der Waals surface area contributed by atoms with Gasteiger partial charge in [0.15, 0.2) is 0 Å². The standard InChI is InChI=1S/C5H8N2O4/c1-11-5(10)4(9)7-2-3(6)8/h2H2,1H3,(H2,6,8)(H,7,9). The van der Waals surface area contributed by atoms with Crippen LogP contribution in [-0.2, 0) is 19.1 Å². The van der Waals surface area contributed by atoms with Gasteiger partial charge < -0.3 is 15.8 Å². The fraction of sp³-hybridized carbons (Fsp3) is 0.400. The molecule has 3 N–H and O–H groups in total. The molecule has 0 spiro atoms. The van der Waals surface area contributed by atoms with Crippen molar-refractivity contribution in [3.05, 3.63) is 0 Å². The number of nitrogens with two attached hydrogens (primary N) is 1.